The van der Waals surface area contributed by atoms with Gasteiger partial charge >= 0.3 is 11.9 Å². The van der Waals surface area contributed by atoms with E-state index >= 15 is 0 Å². The fourth-order valence-electron chi connectivity index (χ4n) is 3.49. The molecule has 1 aliphatic rings. The standard InChI is InChI=1S/C23H33NO5/c1-8-24-20-16(11-9-14(2)10-12-18(25)29-23(4,5)6)21(27-7)15(3)17-13-28-22(26)19(17)20/h9,24H,8,10-13H2,1-7H3. The first-order chi connectivity index (χ1) is 13.6. The number of fused-ring (bicyclic) bond motifs is 1. The highest BCUT2D eigenvalue weighted by molar-refractivity contribution is 6.01. The van der Waals surface area contributed by atoms with Gasteiger partial charge in [0.2, 0.25) is 0 Å². The first kappa shape index (κ1) is 22.8. The van der Waals surface area contributed by atoms with E-state index in [1.165, 1.54) is 0 Å². The zero-order chi connectivity index (χ0) is 21.8. The molecule has 0 saturated carbocycles. The second-order valence-electron chi connectivity index (χ2n) is 8.31. The van der Waals surface area contributed by atoms with Crippen LogP contribution in [0.15, 0.2) is 11.6 Å². The summed E-state index contributed by atoms with van der Waals surface area (Å²) in [6.45, 7) is 12.5. The second-order valence-corrected chi connectivity index (χ2v) is 8.31. The molecule has 1 N–H and O–H groups in total. The first-order valence-corrected chi connectivity index (χ1v) is 10.1. The molecule has 2 rings (SSSR count). The number of hydrogen-bond donors (Lipinski definition) is 1. The third kappa shape index (κ3) is 5.52. The third-order valence-corrected chi connectivity index (χ3v) is 4.83. The summed E-state index contributed by atoms with van der Waals surface area (Å²) in [6, 6.07) is 0. The Balaban J connectivity index is 2.26. The number of hydrogen-bond acceptors (Lipinski definition) is 6. The number of nitrogens with one attached hydrogen (secondary N) is 1. The molecular formula is C23H33NO5. The van der Waals surface area contributed by atoms with E-state index < -0.39 is 5.60 Å². The van der Waals surface area contributed by atoms with Gasteiger partial charge < -0.3 is 19.5 Å². The van der Waals surface area contributed by atoms with E-state index in [1.54, 1.807) is 7.11 Å². The van der Waals surface area contributed by atoms with Crippen LogP contribution in [0, 0.1) is 6.92 Å². The highest BCUT2D eigenvalue weighted by Crippen LogP contribution is 2.41. The molecule has 0 bridgehead atoms. The summed E-state index contributed by atoms with van der Waals surface area (Å²) in [6.07, 6.45) is 3.63. The minimum atomic E-state index is -0.473. The van der Waals surface area contributed by atoms with Gasteiger partial charge in [-0.05, 0) is 59.9 Å². The fraction of sp³-hybridized carbons (Fsp3) is 0.565. The molecule has 29 heavy (non-hydrogen) atoms. The number of carbonyl (C=O) groups is 2. The molecule has 0 aliphatic carbocycles. The minimum absolute atomic E-state index is 0.202. The predicted octanol–water partition coefficient (Wildman–Crippen LogP) is 4.72. The molecule has 1 aromatic rings. The number of allylic oxidation sites excluding steroid dienone is 2. The highest BCUT2D eigenvalue weighted by atomic mass is 16.6. The van der Waals surface area contributed by atoms with Crippen LogP contribution in [-0.2, 0) is 27.3 Å². The molecule has 0 spiro atoms. The molecule has 160 valence electrons. The maximum absolute atomic E-state index is 12.3. The van der Waals surface area contributed by atoms with E-state index in [2.05, 4.69) is 11.4 Å². The molecule has 0 saturated heterocycles. The van der Waals surface area contributed by atoms with Crippen molar-refractivity contribution in [3.63, 3.8) is 0 Å². The van der Waals surface area contributed by atoms with Gasteiger partial charge in [-0.1, -0.05) is 11.6 Å². The van der Waals surface area contributed by atoms with E-state index in [-0.39, 0.29) is 18.5 Å². The van der Waals surface area contributed by atoms with E-state index in [4.69, 9.17) is 14.2 Å². The summed E-state index contributed by atoms with van der Waals surface area (Å²) in [5, 5.41) is 3.32. The number of carbonyl (C=O) groups excluding carboxylic acids is 2. The lowest BCUT2D eigenvalue weighted by Crippen LogP contribution is -2.23. The van der Waals surface area contributed by atoms with Crippen LogP contribution in [0.1, 0.15) is 74.5 Å². The summed E-state index contributed by atoms with van der Waals surface area (Å²) >= 11 is 0. The average Bonchev–Trinajstić information content (AvgIpc) is 3.01. The number of benzene rings is 1. The lowest BCUT2D eigenvalue weighted by Gasteiger charge is -2.20. The van der Waals surface area contributed by atoms with Gasteiger partial charge in [0.25, 0.3) is 0 Å². The molecular weight excluding hydrogens is 370 g/mol. The van der Waals surface area contributed by atoms with Crippen LogP contribution >= 0.6 is 0 Å². The number of esters is 2. The number of methoxy groups -OCH3 is 1. The number of anilines is 1. The summed E-state index contributed by atoms with van der Waals surface area (Å²) in [5.41, 5.74) is 4.76. The van der Waals surface area contributed by atoms with Crippen LogP contribution in [0.25, 0.3) is 0 Å². The monoisotopic (exact) mass is 403 g/mol. The molecule has 0 fully saturated rings. The molecule has 0 aromatic heterocycles. The molecule has 6 nitrogen and oxygen atoms in total. The van der Waals surface area contributed by atoms with Gasteiger partial charge in [0, 0.05) is 24.1 Å². The van der Waals surface area contributed by atoms with Gasteiger partial charge in [-0.2, -0.15) is 0 Å². The Morgan fingerprint density at radius 1 is 1.28 bits per heavy atom. The smallest absolute Gasteiger partial charge is 0.341 e. The van der Waals surface area contributed by atoms with Crippen molar-refractivity contribution in [3.05, 3.63) is 33.9 Å². The van der Waals surface area contributed by atoms with Crippen LogP contribution in [0.2, 0.25) is 0 Å². The van der Waals surface area contributed by atoms with Crippen LogP contribution in [0.4, 0.5) is 5.69 Å². The van der Waals surface area contributed by atoms with Crippen LogP contribution in [0.3, 0.4) is 0 Å². The SMILES string of the molecule is CCNc1c(CC=C(C)CCC(=O)OC(C)(C)C)c(OC)c(C)c2c1C(=O)OC2. The van der Waals surface area contributed by atoms with Crippen molar-refractivity contribution >= 4 is 17.6 Å². The highest BCUT2D eigenvalue weighted by Gasteiger charge is 2.31. The van der Waals surface area contributed by atoms with Crippen molar-refractivity contribution in [1.82, 2.24) is 0 Å². The maximum atomic E-state index is 12.3. The van der Waals surface area contributed by atoms with Crippen molar-refractivity contribution in [2.75, 3.05) is 19.0 Å². The van der Waals surface area contributed by atoms with Crippen molar-refractivity contribution in [1.29, 1.82) is 0 Å². The van der Waals surface area contributed by atoms with Crippen LogP contribution < -0.4 is 10.1 Å². The van der Waals surface area contributed by atoms with Crippen LogP contribution in [-0.4, -0.2) is 31.2 Å². The Bertz CT molecular complexity index is 818. The van der Waals surface area contributed by atoms with E-state index in [1.807, 2.05) is 41.5 Å². The lowest BCUT2D eigenvalue weighted by atomic mass is 9.93. The van der Waals surface area contributed by atoms with Gasteiger partial charge in [0.15, 0.2) is 0 Å². The topological polar surface area (TPSA) is 73.9 Å². The van der Waals surface area contributed by atoms with Crippen molar-refractivity contribution in [2.45, 2.75) is 73.0 Å². The summed E-state index contributed by atoms with van der Waals surface area (Å²) in [5.74, 6) is 0.273. The quantitative estimate of drug-likeness (QED) is 0.500. The second kappa shape index (κ2) is 9.33. The van der Waals surface area contributed by atoms with E-state index in [9.17, 15) is 9.59 Å². The Hall–Kier alpha value is -2.50. The van der Waals surface area contributed by atoms with Crippen molar-refractivity contribution in [3.8, 4) is 5.75 Å². The summed E-state index contributed by atoms with van der Waals surface area (Å²) < 4.78 is 16.3. The predicted molar refractivity (Wildman–Crippen MR) is 114 cm³/mol. The van der Waals surface area contributed by atoms with Gasteiger partial charge in [-0.25, -0.2) is 4.79 Å². The van der Waals surface area contributed by atoms with Gasteiger partial charge in [-0.3, -0.25) is 4.79 Å². The minimum Gasteiger partial charge on any atom is -0.496 e. The van der Waals surface area contributed by atoms with Crippen LogP contribution in [0.5, 0.6) is 5.75 Å². The van der Waals surface area contributed by atoms with Gasteiger partial charge in [0.1, 0.15) is 18.0 Å². The number of cyclic esters (lactones) is 1. The summed E-state index contributed by atoms with van der Waals surface area (Å²) in [4.78, 5) is 24.3. The summed E-state index contributed by atoms with van der Waals surface area (Å²) in [7, 11) is 1.64. The largest absolute Gasteiger partial charge is 0.496 e. The zero-order valence-electron chi connectivity index (χ0n) is 18.7. The number of ether oxygens (including phenoxy) is 3. The third-order valence-electron chi connectivity index (χ3n) is 4.83. The maximum Gasteiger partial charge on any atom is 0.341 e. The van der Waals surface area contributed by atoms with E-state index in [0.29, 0.717) is 31.4 Å². The number of rotatable bonds is 8. The molecule has 1 heterocycles. The van der Waals surface area contributed by atoms with Gasteiger partial charge in [-0.15, -0.1) is 0 Å². The molecule has 1 aliphatic heterocycles. The Kier molecular flexibility index (Phi) is 7.33. The molecule has 0 unspecified atom stereocenters. The van der Waals surface area contributed by atoms with E-state index in [0.717, 1.165) is 33.7 Å². The van der Waals surface area contributed by atoms with Crippen molar-refractivity contribution < 1.29 is 23.8 Å². The Morgan fingerprint density at radius 2 is 1.97 bits per heavy atom. The lowest BCUT2D eigenvalue weighted by molar-refractivity contribution is -0.154. The molecule has 1 aromatic carbocycles. The normalized spacial score (nSPS) is 13.8. The molecule has 6 heteroatoms. The molecule has 0 radical (unpaired) electrons. The first-order valence-electron chi connectivity index (χ1n) is 10.1. The zero-order valence-corrected chi connectivity index (χ0v) is 18.7. The molecule has 0 atom stereocenters. The average molecular weight is 404 g/mol. The van der Waals surface area contributed by atoms with Gasteiger partial charge in [0.05, 0.1) is 18.4 Å². The Morgan fingerprint density at radius 3 is 2.55 bits per heavy atom. The fourth-order valence-corrected chi connectivity index (χ4v) is 3.49. The Labute approximate surface area is 173 Å². The molecule has 0 amide bonds. The van der Waals surface area contributed by atoms with Crippen molar-refractivity contribution in [2.24, 2.45) is 0 Å².